The Hall–Kier alpha value is -2.32. The highest BCUT2D eigenvalue weighted by molar-refractivity contribution is 9.10. The Balaban J connectivity index is 1.58. The zero-order chi connectivity index (χ0) is 22.9. The number of rotatable bonds is 9. The van der Waals surface area contributed by atoms with Crippen LogP contribution in [0.15, 0.2) is 58.0 Å². The van der Waals surface area contributed by atoms with Crippen molar-refractivity contribution in [3.05, 3.63) is 53.0 Å². The van der Waals surface area contributed by atoms with Crippen LogP contribution in [-0.4, -0.2) is 40.8 Å². The van der Waals surface area contributed by atoms with Gasteiger partial charge in [0.15, 0.2) is 5.17 Å². The van der Waals surface area contributed by atoms with E-state index in [0.717, 1.165) is 22.3 Å². The van der Waals surface area contributed by atoms with Crippen molar-refractivity contribution in [2.24, 2.45) is 4.99 Å². The number of benzene rings is 2. The lowest BCUT2D eigenvalue weighted by Gasteiger charge is -2.28. The van der Waals surface area contributed by atoms with E-state index in [9.17, 15) is 9.59 Å². The Labute approximate surface area is 201 Å². The van der Waals surface area contributed by atoms with E-state index < -0.39 is 5.25 Å². The monoisotopic (exact) mass is 517 g/mol. The Morgan fingerprint density at radius 2 is 1.88 bits per heavy atom. The molecule has 1 N–H and O–H groups in total. The predicted molar refractivity (Wildman–Crippen MR) is 135 cm³/mol. The number of carbonyl (C=O) groups is 2. The van der Waals surface area contributed by atoms with Gasteiger partial charge in [0, 0.05) is 23.6 Å². The van der Waals surface area contributed by atoms with E-state index in [0.29, 0.717) is 17.5 Å². The van der Waals surface area contributed by atoms with Gasteiger partial charge in [0.2, 0.25) is 11.8 Å². The minimum absolute atomic E-state index is 0.130. The second kappa shape index (κ2) is 12.1. The Morgan fingerprint density at radius 3 is 2.56 bits per heavy atom. The highest BCUT2D eigenvalue weighted by Crippen LogP contribution is 2.29. The number of hydrogen-bond donors (Lipinski definition) is 1. The number of carbonyl (C=O) groups excluding carboxylic acids is 2. The molecule has 1 heterocycles. The lowest BCUT2D eigenvalue weighted by atomic mass is 10.2. The molecule has 2 aromatic rings. The van der Waals surface area contributed by atoms with Gasteiger partial charge < -0.3 is 10.1 Å². The van der Waals surface area contributed by atoms with E-state index in [4.69, 9.17) is 4.74 Å². The molecular weight excluding hydrogens is 490 g/mol. The summed E-state index contributed by atoms with van der Waals surface area (Å²) >= 11 is 4.70. The first kappa shape index (κ1) is 24.3. The normalized spacial score (nSPS) is 17.5. The van der Waals surface area contributed by atoms with Crippen LogP contribution in [0.2, 0.25) is 0 Å². The third-order valence-corrected chi connectivity index (χ3v) is 6.77. The maximum atomic E-state index is 12.8. The molecule has 1 unspecified atom stereocenters. The fourth-order valence-corrected chi connectivity index (χ4v) is 4.43. The first-order valence-electron chi connectivity index (χ1n) is 10.8. The first-order valence-corrected chi connectivity index (χ1v) is 12.4. The number of anilines is 1. The van der Waals surface area contributed by atoms with E-state index in [2.05, 4.69) is 33.2 Å². The van der Waals surface area contributed by atoms with Crippen molar-refractivity contribution < 1.29 is 14.3 Å². The summed E-state index contributed by atoms with van der Waals surface area (Å²) in [4.78, 5) is 31.3. The minimum Gasteiger partial charge on any atom is -0.494 e. The van der Waals surface area contributed by atoms with Gasteiger partial charge in [0.25, 0.3) is 0 Å². The summed E-state index contributed by atoms with van der Waals surface area (Å²) in [5.41, 5.74) is 1.40. The molecule has 170 valence electrons. The Bertz CT molecular complexity index is 948. The van der Waals surface area contributed by atoms with Crippen molar-refractivity contribution in [1.82, 2.24) is 4.90 Å². The maximum Gasteiger partial charge on any atom is 0.238 e. The van der Waals surface area contributed by atoms with Gasteiger partial charge >= 0.3 is 0 Å². The number of hydrogen-bond acceptors (Lipinski definition) is 5. The van der Waals surface area contributed by atoms with E-state index in [1.165, 1.54) is 35.9 Å². The third-order valence-electron chi connectivity index (χ3n) is 5.00. The lowest BCUT2D eigenvalue weighted by molar-refractivity contribution is -0.128. The number of halogens is 1. The van der Waals surface area contributed by atoms with Crippen molar-refractivity contribution >= 4 is 56.0 Å². The summed E-state index contributed by atoms with van der Waals surface area (Å²) in [6, 6.07) is 14.8. The molecule has 0 spiro atoms. The summed E-state index contributed by atoms with van der Waals surface area (Å²) < 4.78 is 6.70. The fourth-order valence-electron chi connectivity index (χ4n) is 3.10. The van der Waals surface area contributed by atoms with Gasteiger partial charge in [-0.3, -0.25) is 14.5 Å². The second-order valence-electron chi connectivity index (χ2n) is 7.56. The second-order valence-corrected chi connectivity index (χ2v) is 9.64. The van der Waals surface area contributed by atoms with Gasteiger partial charge in [-0.15, -0.1) is 0 Å². The third kappa shape index (κ3) is 7.10. The lowest BCUT2D eigenvalue weighted by Crippen LogP contribution is -2.43. The molecule has 1 atom stereocenters. The number of aliphatic imine (C=N–C) groups is 1. The molecule has 3 rings (SSSR count). The summed E-state index contributed by atoms with van der Waals surface area (Å²) in [5.74, 6) is 0.437. The SMILES string of the molecule is CCCCCCOc1ccc(NC(=O)C2CC(=O)N(C)C(=Nc3ccc(Br)cc3)S2)cc1. The molecule has 1 saturated heterocycles. The standard InChI is InChI=1S/C24H28BrN3O3S/c1-3-4-5-6-15-31-20-13-11-18(12-14-20)26-23(30)21-16-22(29)28(2)24(32-21)27-19-9-7-17(25)8-10-19/h7-14,21H,3-6,15-16H2,1-2H3,(H,26,30). The smallest absolute Gasteiger partial charge is 0.238 e. The molecule has 8 heteroatoms. The summed E-state index contributed by atoms with van der Waals surface area (Å²) in [6.07, 6.45) is 4.77. The van der Waals surface area contributed by atoms with Crippen molar-refractivity contribution in [2.45, 2.75) is 44.3 Å². The van der Waals surface area contributed by atoms with Crippen LogP contribution in [0.5, 0.6) is 5.75 Å². The first-order chi connectivity index (χ1) is 15.5. The summed E-state index contributed by atoms with van der Waals surface area (Å²) in [7, 11) is 1.68. The molecule has 0 bridgehead atoms. The molecule has 0 saturated carbocycles. The van der Waals surface area contributed by atoms with Crippen molar-refractivity contribution in [2.75, 3.05) is 19.0 Å². The van der Waals surface area contributed by atoms with Crippen molar-refractivity contribution in [3.63, 3.8) is 0 Å². The van der Waals surface area contributed by atoms with Crippen LogP contribution in [0.4, 0.5) is 11.4 Å². The van der Waals surface area contributed by atoms with Gasteiger partial charge in [0.1, 0.15) is 11.0 Å². The summed E-state index contributed by atoms with van der Waals surface area (Å²) in [5, 5.41) is 2.87. The molecule has 1 aliphatic heterocycles. The maximum absolute atomic E-state index is 12.8. The number of nitrogens with one attached hydrogen (secondary N) is 1. The fraction of sp³-hybridized carbons (Fsp3) is 0.375. The van der Waals surface area contributed by atoms with Gasteiger partial charge in [-0.2, -0.15) is 0 Å². The average Bonchev–Trinajstić information content (AvgIpc) is 2.79. The zero-order valence-corrected chi connectivity index (χ0v) is 20.7. The number of nitrogens with zero attached hydrogens (tertiary/aromatic N) is 2. The zero-order valence-electron chi connectivity index (χ0n) is 18.3. The molecule has 32 heavy (non-hydrogen) atoms. The number of amides is 2. The van der Waals surface area contributed by atoms with Crippen LogP contribution in [0.3, 0.4) is 0 Å². The van der Waals surface area contributed by atoms with E-state index >= 15 is 0 Å². The summed E-state index contributed by atoms with van der Waals surface area (Å²) in [6.45, 7) is 2.88. The number of amidine groups is 1. The topological polar surface area (TPSA) is 71.0 Å². The molecule has 2 aromatic carbocycles. The van der Waals surface area contributed by atoms with Gasteiger partial charge in [-0.05, 0) is 55.0 Å². The number of thioether (sulfide) groups is 1. The predicted octanol–water partition coefficient (Wildman–Crippen LogP) is 6.00. The van der Waals surface area contributed by atoms with Crippen LogP contribution >= 0.6 is 27.7 Å². The molecule has 1 fully saturated rings. The van der Waals surface area contributed by atoms with Crippen molar-refractivity contribution in [1.29, 1.82) is 0 Å². The van der Waals surface area contributed by atoms with E-state index in [1.54, 1.807) is 7.05 Å². The molecular formula is C24H28BrN3O3S. The van der Waals surface area contributed by atoms with Gasteiger partial charge in [-0.1, -0.05) is 53.9 Å². The molecule has 2 amide bonds. The van der Waals surface area contributed by atoms with Crippen LogP contribution < -0.4 is 10.1 Å². The van der Waals surface area contributed by atoms with Crippen LogP contribution in [-0.2, 0) is 9.59 Å². The minimum atomic E-state index is -0.539. The van der Waals surface area contributed by atoms with Crippen LogP contribution in [0.1, 0.15) is 39.0 Å². The van der Waals surface area contributed by atoms with Crippen LogP contribution in [0.25, 0.3) is 0 Å². The number of ether oxygens (including phenoxy) is 1. The molecule has 6 nitrogen and oxygen atoms in total. The van der Waals surface area contributed by atoms with Crippen LogP contribution in [0, 0.1) is 0 Å². The Morgan fingerprint density at radius 1 is 1.16 bits per heavy atom. The molecule has 1 aliphatic rings. The Kier molecular flexibility index (Phi) is 9.17. The van der Waals surface area contributed by atoms with Gasteiger partial charge in [0.05, 0.1) is 12.3 Å². The van der Waals surface area contributed by atoms with E-state index in [1.807, 2.05) is 48.5 Å². The van der Waals surface area contributed by atoms with Crippen molar-refractivity contribution in [3.8, 4) is 5.75 Å². The molecule has 0 radical (unpaired) electrons. The largest absolute Gasteiger partial charge is 0.494 e. The molecule has 0 aliphatic carbocycles. The quantitative estimate of drug-likeness (QED) is 0.414. The van der Waals surface area contributed by atoms with Gasteiger partial charge in [-0.25, -0.2) is 4.99 Å². The highest BCUT2D eigenvalue weighted by atomic mass is 79.9. The number of unbranched alkanes of at least 4 members (excludes halogenated alkanes) is 3. The highest BCUT2D eigenvalue weighted by Gasteiger charge is 2.34. The molecule has 0 aromatic heterocycles. The van der Waals surface area contributed by atoms with E-state index in [-0.39, 0.29) is 18.2 Å². The average molecular weight is 518 g/mol.